The third-order valence-corrected chi connectivity index (χ3v) is 7.32. The van der Waals surface area contributed by atoms with E-state index in [1.165, 1.54) is 16.8 Å². The fourth-order valence-corrected chi connectivity index (χ4v) is 5.13. The lowest BCUT2D eigenvalue weighted by Crippen LogP contribution is -2.58. The molecule has 9 heteroatoms. The number of ether oxygens (including phenoxy) is 4. The smallest absolute Gasteiger partial charge is 0.348 e. The quantitative estimate of drug-likeness (QED) is 0.375. The summed E-state index contributed by atoms with van der Waals surface area (Å²) < 4.78 is 21.8. The van der Waals surface area contributed by atoms with Crippen LogP contribution in [0.1, 0.15) is 11.1 Å². The van der Waals surface area contributed by atoms with E-state index in [0.29, 0.717) is 29.5 Å². The molecule has 8 rings (SSSR count). The van der Waals surface area contributed by atoms with Crippen molar-refractivity contribution in [3.63, 3.8) is 0 Å². The predicted molar refractivity (Wildman–Crippen MR) is 160 cm³/mol. The van der Waals surface area contributed by atoms with Crippen molar-refractivity contribution in [3.05, 3.63) is 108 Å². The summed E-state index contributed by atoms with van der Waals surface area (Å²) in [4.78, 5) is 28.2. The molecule has 4 aliphatic heterocycles. The van der Waals surface area contributed by atoms with Crippen LogP contribution in [-0.4, -0.2) is 55.2 Å². The maximum atomic E-state index is 12.7. The number of rotatable bonds is 2. The van der Waals surface area contributed by atoms with E-state index in [1.54, 1.807) is 23.1 Å². The fraction of sp³-hybridized carbons (Fsp3) is 0.206. The molecule has 0 radical (unpaired) electrons. The molecule has 4 aromatic carbocycles. The van der Waals surface area contributed by atoms with Crippen molar-refractivity contribution in [1.82, 2.24) is 0 Å². The lowest BCUT2D eigenvalue weighted by molar-refractivity contribution is -0.343. The molecule has 0 saturated carbocycles. The first-order valence-corrected chi connectivity index (χ1v) is 14.1. The number of amides is 1. The van der Waals surface area contributed by atoms with Crippen molar-refractivity contribution in [2.24, 2.45) is 0 Å². The van der Waals surface area contributed by atoms with Gasteiger partial charge in [0.25, 0.3) is 5.91 Å². The summed E-state index contributed by atoms with van der Waals surface area (Å²) in [7, 11) is 0. The Morgan fingerprint density at radius 2 is 1.26 bits per heavy atom. The second-order valence-corrected chi connectivity index (χ2v) is 10.1. The topological polar surface area (TPSA) is 109 Å². The van der Waals surface area contributed by atoms with Gasteiger partial charge >= 0.3 is 5.97 Å². The van der Waals surface area contributed by atoms with Gasteiger partial charge in [0.15, 0.2) is 23.0 Å². The number of carboxylic acids is 1. The van der Waals surface area contributed by atoms with Gasteiger partial charge in [-0.05, 0) is 42.3 Å². The fourth-order valence-electron chi connectivity index (χ4n) is 5.13. The van der Waals surface area contributed by atoms with Gasteiger partial charge in [-0.1, -0.05) is 60.7 Å². The molecular weight excluding hydrogens is 548 g/mol. The Hall–Kier alpha value is -5.31. The molecule has 4 aliphatic rings. The van der Waals surface area contributed by atoms with Gasteiger partial charge in [-0.25, -0.2) is 9.79 Å². The van der Waals surface area contributed by atoms with Gasteiger partial charge in [-0.3, -0.25) is 4.79 Å². The van der Waals surface area contributed by atoms with E-state index in [2.05, 4.69) is 35.5 Å². The summed E-state index contributed by atoms with van der Waals surface area (Å²) in [6, 6.07) is 30.8. The van der Waals surface area contributed by atoms with Crippen molar-refractivity contribution >= 4 is 29.5 Å². The van der Waals surface area contributed by atoms with E-state index in [1.807, 2.05) is 54.6 Å². The highest BCUT2D eigenvalue weighted by atomic mass is 16.6. The first-order chi connectivity index (χ1) is 21.1. The van der Waals surface area contributed by atoms with Gasteiger partial charge in [0.2, 0.25) is 17.9 Å². The number of carbonyl (C=O) groups excluding carboxylic acids is 1. The lowest BCUT2D eigenvalue weighted by Gasteiger charge is -2.29. The number of para-hydroxylation sites is 6. The lowest BCUT2D eigenvalue weighted by atomic mass is 10.2. The van der Waals surface area contributed by atoms with Crippen LogP contribution >= 0.6 is 0 Å². The van der Waals surface area contributed by atoms with E-state index in [9.17, 15) is 9.59 Å². The van der Waals surface area contributed by atoms with E-state index >= 15 is 0 Å². The second kappa shape index (κ2) is 12.7. The van der Waals surface area contributed by atoms with E-state index < -0.39 is 18.2 Å². The Bertz CT molecular complexity index is 1650. The van der Waals surface area contributed by atoms with Crippen LogP contribution in [0.15, 0.2) is 97.1 Å². The number of nitrogens with one attached hydrogen (secondary N) is 1. The van der Waals surface area contributed by atoms with Crippen LogP contribution in [0.5, 0.6) is 23.0 Å². The van der Waals surface area contributed by atoms with Gasteiger partial charge in [0, 0.05) is 23.9 Å². The number of carbonyl (C=O) groups is 2. The Labute approximate surface area is 248 Å². The molecule has 0 aromatic heterocycles. The monoisotopic (exact) mass is 579 g/mol. The van der Waals surface area contributed by atoms with Crippen LogP contribution in [0.4, 0.5) is 11.4 Å². The third kappa shape index (κ3) is 6.30. The van der Waals surface area contributed by atoms with E-state index in [-0.39, 0.29) is 19.1 Å². The molecule has 2 N–H and O–H groups in total. The number of nitrogens with zero attached hydrogens (tertiary/aromatic N) is 1. The highest BCUT2D eigenvalue weighted by molar-refractivity contribution is 5.98. The zero-order valence-corrected chi connectivity index (χ0v) is 23.3. The molecule has 43 heavy (non-hydrogen) atoms. The molecule has 2 unspecified atom stereocenters. The van der Waals surface area contributed by atoms with Gasteiger partial charge in [-0.2, -0.15) is 0 Å². The number of fused-ring (bicyclic) bond motifs is 4. The van der Waals surface area contributed by atoms with E-state index in [0.717, 1.165) is 18.5 Å². The van der Waals surface area contributed by atoms with Crippen LogP contribution in [-0.2, 0) is 22.4 Å². The average molecular weight is 580 g/mol. The Morgan fingerprint density at radius 3 is 1.93 bits per heavy atom. The SMILES string of the molecule is C1=[NH+]c2ccccc2C1.O=C(C1COc2ccccc2O1)N1CCc2ccccc21.O=C(O)C1COc2ccccc2O1. The van der Waals surface area contributed by atoms with Gasteiger partial charge in [0.1, 0.15) is 19.4 Å². The largest absolute Gasteiger partial charge is 0.485 e. The Balaban J connectivity index is 0.000000127. The van der Waals surface area contributed by atoms with Crippen LogP contribution in [0.25, 0.3) is 0 Å². The van der Waals surface area contributed by atoms with Crippen LogP contribution in [0.2, 0.25) is 0 Å². The van der Waals surface area contributed by atoms with E-state index in [4.69, 9.17) is 24.1 Å². The number of benzene rings is 4. The number of aliphatic carboxylic acids is 1. The molecule has 9 nitrogen and oxygen atoms in total. The second-order valence-electron chi connectivity index (χ2n) is 10.1. The van der Waals surface area contributed by atoms with Crippen LogP contribution in [0, 0.1) is 0 Å². The number of hydrogen-bond acceptors (Lipinski definition) is 6. The van der Waals surface area contributed by atoms with Gasteiger partial charge < -0.3 is 29.0 Å². The molecule has 4 aromatic rings. The Morgan fingerprint density at radius 1 is 0.698 bits per heavy atom. The van der Waals surface area contributed by atoms with Crippen molar-refractivity contribution < 1.29 is 38.6 Å². The zero-order valence-electron chi connectivity index (χ0n) is 23.3. The minimum absolute atomic E-state index is 0.0329. The molecule has 218 valence electrons. The molecule has 0 saturated heterocycles. The summed E-state index contributed by atoms with van der Waals surface area (Å²) in [5, 5.41) is 8.66. The first kappa shape index (κ1) is 27.8. The number of carboxylic acid groups (broad SMARTS) is 1. The summed E-state index contributed by atoms with van der Waals surface area (Å²) in [5.74, 6) is 1.38. The highest BCUT2D eigenvalue weighted by Gasteiger charge is 2.34. The molecule has 4 heterocycles. The van der Waals surface area contributed by atoms with Gasteiger partial charge in [0.05, 0.1) is 6.42 Å². The highest BCUT2D eigenvalue weighted by Crippen LogP contribution is 2.34. The summed E-state index contributed by atoms with van der Waals surface area (Å²) in [6.07, 6.45) is 2.56. The number of hydrogen-bond donors (Lipinski definition) is 2. The minimum atomic E-state index is -1.01. The molecule has 0 fully saturated rings. The summed E-state index contributed by atoms with van der Waals surface area (Å²) in [6.45, 7) is 1.03. The standard InChI is InChI=1S/C17H15NO3.C9H8O4.C8H7N/c19-17(18-10-9-12-5-1-2-6-13(12)18)16-11-20-14-7-3-4-8-15(14)21-16;10-9(11)8-5-12-6-3-1-2-4-7(6)13-8;1-2-4-8-7(3-1)5-6-9-8/h1-8,16H,9-11H2;1-4,8H,5H2,(H,10,11);1-4,6H,5H2/p+1. The molecule has 0 aliphatic carbocycles. The molecule has 1 amide bonds. The maximum Gasteiger partial charge on any atom is 0.348 e. The third-order valence-electron chi connectivity index (χ3n) is 7.32. The first-order valence-electron chi connectivity index (χ1n) is 14.1. The zero-order chi connectivity index (χ0) is 29.6. The maximum absolute atomic E-state index is 12.7. The number of anilines is 1. The summed E-state index contributed by atoms with van der Waals surface area (Å²) >= 11 is 0. The van der Waals surface area contributed by atoms with Crippen molar-refractivity contribution in [2.75, 3.05) is 24.7 Å². The Kier molecular flexibility index (Phi) is 8.21. The van der Waals surface area contributed by atoms with Crippen molar-refractivity contribution in [3.8, 4) is 23.0 Å². The summed E-state index contributed by atoms with van der Waals surface area (Å²) in [5.41, 5.74) is 4.86. The van der Waals surface area contributed by atoms with Gasteiger partial charge in [-0.15, -0.1) is 0 Å². The van der Waals surface area contributed by atoms with Crippen LogP contribution in [0.3, 0.4) is 0 Å². The molecular formula is C34H31N2O7+. The van der Waals surface area contributed by atoms with Crippen molar-refractivity contribution in [2.45, 2.75) is 25.0 Å². The molecule has 2 atom stereocenters. The molecule has 0 bridgehead atoms. The normalized spacial score (nSPS) is 18.2. The average Bonchev–Trinajstić information content (AvgIpc) is 3.72. The van der Waals surface area contributed by atoms with Crippen LogP contribution < -0.4 is 28.8 Å². The minimum Gasteiger partial charge on any atom is -0.485 e. The van der Waals surface area contributed by atoms with Crippen molar-refractivity contribution in [1.29, 1.82) is 0 Å². The molecule has 0 spiro atoms. The predicted octanol–water partition coefficient (Wildman–Crippen LogP) is 3.35.